The van der Waals surface area contributed by atoms with Crippen LogP contribution in [0.15, 0.2) is 29.6 Å². The molecule has 0 spiro atoms. The molecule has 0 saturated heterocycles. The fraction of sp³-hybridized carbons (Fsp3) is 0.267. The van der Waals surface area contributed by atoms with Gasteiger partial charge in [0.05, 0.1) is 12.1 Å². The smallest absolute Gasteiger partial charge is 0.254 e. The van der Waals surface area contributed by atoms with Crippen LogP contribution < -0.4 is 5.32 Å². The third-order valence-corrected chi connectivity index (χ3v) is 4.03. The van der Waals surface area contributed by atoms with Crippen molar-refractivity contribution < 1.29 is 9.18 Å². The van der Waals surface area contributed by atoms with E-state index in [-0.39, 0.29) is 11.5 Å². The first-order valence-electron chi connectivity index (χ1n) is 6.22. The van der Waals surface area contributed by atoms with Crippen LogP contribution in [0.25, 0.3) is 0 Å². The summed E-state index contributed by atoms with van der Waals surface area (Å²) in [5, 5.41) is 4.78. The number of benzene rings is 1. The van der Waals surface area contributed by atoms with Crippen molar-refractivity contribution in [3.8, 4) is 0 Å². The molecular formula is C15H16FNOS. The van der Waals surface area contributed by atoms with Crippen LogP contribution >= 0.6 is 11.3 Å². The van der Waals surface area contributed by atoms with Crippen LogP contribution in [0.2, 0.25) is 0 Å². The van der Waals surface area contributed by atoms with Crippen molar-refractivity contribution in [2.45, 2.75) is 26.8 Å². The van der Waals surface area contributed by atoms with Crippen molar-refractivity contribution in [2.75, 3.05) is 0 Å². The summed E-state index contributed by atoms with van der Waals surface area (Å²) in [7, 11) is 0. The van der Waals surface area contributed by atoms with Gasteiger partial charge in [-0.1, -0.05) is 19.1 Å². The van der Waals surface area contributed by atoms with Crippen LogP contribution in [0.3, 0.4) is 0 Å². The average Bonchev–Trinajstić information content (AvgIpc) is 2.86. The van der Waals surface area contributed by atoms with Gasteiger partial charge in [-0.05, 0) is 42.0 Å². The highest BCUT2D eigenvalue weighted by Gasteiger charge is 2.13. The van der Waals surface area contributed by atoms with E-state index in [4.69, 9.17) is 0 Å². The fourth-order valence-electron chi connectivity index (χ4n) is 1.92. The Bertz CT molecular complexity index is 592. The Labute approximate surface area is 116 Å². The summed E-state index contributed by atoms with van der Waals surface area (Å²) in [6.07, 6.45) is 0.938. The lowest BCUT2D eigenvalue weighted by Crippen LogP contribution is -2.24. The maximum atomic E-state index is 13.8. The second-order valence-electron chi connectivity index (χ2n) is 4.34. The van der Waals surface area contributed by atoms with Gasteiger partial charge in [-0.15, -0.1) is 11.3 Å². The molecule has 1 amide bonds. The number of halogens is 1. The average molecular weight is 277 g/mol. The Balaban J connectivity index is 2.08. The number of hydrogen-bond acceptors (Lipinski definition) is 2. The summed E-state index contributed by atoms with van der Waals surface area (Å²) in [6, 6.07) is 6.91. The van der Waals surface area contributed by atoms with Gasteiger partial charge in [-0.25, -0.2) is 4.39 Å². The highest BCUT2D eigenvalue weighted by atomic mass is 32.1. The van der Waals surface area contributed by atoms with Crippen molar-refractivity contribution >= 4 is 17.2 Å². The van der Waals surface area contributed by atoms with E-state index < -0.39 is 5.82 Å². The second-order valence-corrected chi connectivity index (χ2v) is 5.34. The highest BCUT2D eigenvalue weighted by Crippen LogP contribution is 2.17. The molecule has 0 bridgehead atoms. The molecule has 2 aromatic rings. The Morgan fingerprint density at radius 1 is 1.37 bits per heavy atom. The Morgan fingerprint density at radius 2 is 2.16 bits per heavy atom. The predicted molar refractivity (Wildman–Crippen MR) is 76.0 cm³/mol. The van der Waals surface area contributed by atoms with Crippen molar-refractivity contribution in [3.63, 3.8) is 0 Å². The van der Waals surface area contributed by atoms with Crippen LogP contribution in [0.4, 0.5) is 4.39 Å². The molecule has 2 rings (SSSR count). The van der Waals surface area contributed by atoms with E-state index >= 15 is 0 Å². The van der Waals surface area contributed by atoms with E-state index in [1.807, 2.05) is 5.38 Å². The van der Waals surface area contributed by atoms with Gasteiger partial charge in [-0.3, -0.25) is 4.79 Å². The molecule has 1 heterocycles. The quantitative estimate of drug-likeness (QED) is 0.907. The molecule has 0 saturated carbocycles. The van der Waals surface area contributed by atoms with Gasteiger partial charge in [0.2, 0.25) is 0 Å². The van der Waals surface area contributed by atoms with Crippen LogP contribution in [0.1, 0.15) is 33.3 Å². The van der Waals surface area contributed by atoms with E-state index in [9.17, 15) is 9.18 Å². The van der Waals surface area contributed by atoms with Gasteiger partial charge in [0.15, 0.2) is 0 Å². The number of rotatable bonds is 4. The first kappa shape index (κ1) is 13.7. The lowest BCUT2D eigenvalue weighted by Gasteiger charge is -2.07. The molecular weight excluding hydrogens is 261 g/mol. The number of carbonyl (C=O) groups excluding carboxylic acids is 1. The van der Waals surface area contributed by atoms with Crippen LogP contribution in [-0.4, -0.2) is 5.91 Å². The maximum absolute atomic E-state index is 13.8. The molecule has 2 nitrogen and oxygen atoms in total. The summed E-state index contributed by atoms with van der Waals surface area (Å²) in [5.74, 6) is -0.807. The third kappa shape index (κ3) is 3.01. The molecule has 19 heavy (non-hydrogen) atoms. The zero-order valence-corrected chi connectivity index (χ0v) is 11.8. The van der Waals surface area contributed by atoms with Crippen LogP contribution in [-0.2, 0) is 13.0 Å². The first-order valence-corrected chi connectivity index (χ1v) is 7.10. The minimum absolute atomic E-state index is 0.106. The summed E-state index contributed by atoms with van der Waals surface area (Å²) in [5.41, 5.74) is 1.82. The lowest BCUT2D eigenvalue weighted by molar-refractivity contribution is 0.0947. The summed E-state index contributed by atoms with van der Waals surface area (Å²) in [4.78, 5) is 13.1. The predicted octanol–water partition coefficient (Wildman–Crippen LogP) is 3.69. The Morgan fingerprint density at radius 3 is 2.89 bits per heavy atom. The monoisotopic (exact) mass is 277 g/mol. The van der Waals surface area contributed by atoms with Crippen molar-refractivity contribution in [3.05, 3.63) is 57.0 Å². The van der Waals surface area contributed by atoms with Crippen molar-refractivity contribution in [1.29, 1.82) is 0 Å². The molecule has 100 valence electrons. The number of thiophene rings is 1. The molecule has 0 atom stereocenters. The number of aryl methyl sites for hydroxylation is 2. The van der Waals surface area contributed by atoms with Crippen LogP contribution in [0.5, 0.6) is 0 Å². The molecule has 0 unspecified atom stereocenters. The summed E-state index contributed by atoms with van der Waals surface area (Å²) >= 11 is 1.61. The summed E-state index contributed by atoms with van der Waals surface area (Å²) < 4.78 is 13.8. The first-order chi connectivity index (χ1) is 9.13. The molecule has 1 aromatic carbocycles. The van der Waals surface area contributed by atoms with E-state index in [0.717, 1.165) is 11.3 Å². The Kier molecular flexibility index (Phi) is 4.32. The van der Waals surface area contributed by atoms with Gasteiger partial charge in [-0.2, -0.15) is 0 Å². The standard InChI is InChI=1S/C15H16FNOS/c1-3-11-7-8-19-13(11)9-17-15(18)12-6-4-5-10(2)14(12)16/h4-8H,3,9H2,1-2H3,(H,17,18). The number of nitrogens with one attached hydrogen (secondary N) is 1. The molecule has 1 N–H and O–H groups in total. The second kappa shape index (κ2) is 5.97. The summed E-state index contributed by atoms with van der Waals surface area (Å²) in [6.45, 7) is 4.18. The molecule has 0 aliphatic carbocycles. The maximum Gasteiger partial charge on any atom is 0.254 e. The molecule has 0 aliphatic rings. The van der Waals surface area contributed by atoms with Crippen molar-refractivity contribution in [2.24, 2.45) is 0 Å². The van der Waals surface area contributed by atoms with Crippen molar-refractivity contribution in [1.82, 2.24) is 5.32 Å². The third-order valence-electron chi connectivity index (χ3n) is 3.06. The van der Waals surface area contributed by atoms with Gasteiger partial charge in [0.25, 0.3) is 5.91 Å². The van der Waals surface area contributed by atoms with E-state index in [1.165, 1.54) is 11.6 Å². The van der Waals surface area contributed by atoms with Crippen LogP contribution in [0, 0.1) is 12.7 Å². The molecule has 4 heteroatoms. The number of carbonyl (C=O) groups is 1. The number of hydrogen-bond donors (Lipinski definition) is 1. The minimum Gasteiger partial charge on any atom is -0.347 e. The zero-order valence-electron chi connectivity index (χ0n) is 11.0. The van der Waals surface area contributed by atoms with Gasteiger partial charge in [0, 0.05) is 4.88 Å². The largest absolute Gasteiger partial charge is 0.347 e. The fourth-order valence-corrected chi connectivity index (χ4v) is 2.83. The van der Waals surface area contributed by atoms with Gasteiger partial charge < -0.3 is 5.32 Å². The van der Waals surface area contributed by atoms with E-state index in [2.05, 4.69) is 18.3 Å². The van der Waals surface area contributed by atoms with E-state index in [1.54, 1.807) is 30.4 Å². The highest BCUT2D eigenvalue weighted by molar-refractivity contribution is 7.10. The molecule has 0 aliphatic heterocycles. The lowest BCUT2D eigenvalue weighted by atomic mass is 10.1. The SMILES string of the molecule is CCc1ccsc1CNC(=O)c1cccc(C)c1F. The Hall–Kier alpha value is -1.68. The van der Waals surface area contributed by atoms with Gasteiger partial charge in [0.1, 0.15) is 5.82 Å². The molecule has 1 aromatic heterocycles. The topological polar surface area (TPSA) is 29.1 Å². The minimum atomic E-state index is -0.443. The normalized spacial score (nSPS) is 10.5. The molecule has 0 radical (unpaired) electrons. The van der Waals surface area contributed by atoms with Gasteiger partial charge >= 0.3 is 0 Å². The number of amides is 1. The van der Waals surface area contributed by atoms with E-state index in [0.29, 0.717) is 12.1 Å². The molecule has 0 fully saturated rings. The zero-order chi connectivity index (χ0) is 13.8.